The molecule has 1 heterocycles. The van der Waals surface area contributed by atoms with Gasteiger partial charge in [0.2, 0.25) is 5.91 Å². The Hall–Kier alpha value is -3.05. The fraction of sp³-hybridized carbons (Fsp3) is 0.227. The van der Waals surface area contributed by atoms with Gasteiger partial charge < -0.3 is 10.4 Å². The molecule has 1 amide bonds. The van der Waals surface area contributed by atoms with Gasteiger partial charge in [0.1, 0.15) is 11.8 Å². The third-order valence-electron chi connectivity index (χ3n) is 4.09. The molecule has 0 aliphatic carbocycles. The Labute approximate surface area is 159 Å². The average Bonchev–Trinajstić information content (AvgIpc) is 2.68. The number of nitrogens with one attached hydrogen (secondary N) is 1. The summed E-state index contributed by atoms with van der Waals surface area (Å²) in [6, 6.07) is 18.9. The van der Waals surface area contributed by atoms with E-state index in [2.05, 4.69) is 15.3 Å². The molecule has 5 nitrogen and oxygen atoms in total. The van der Waals surface area contributed by atoms with Crippen LogP contribution in [0, 0.1) is 5.92 Å². The van der Waals surface area contributed by atoms with E-state index in [1.807, 2.05) is 74.5 Å². The van der Waals surface area contributed by atoms with Gasteiger partial charge in [0.25, 0.3) is 0 Å². The Morgan fingerprint density at radius 2 is 1.67 bits per heavy atom. The van der Waals surface area contributed by atoms with E-state index >= 15 is 0 Å². The van der Waals surface area contributed by atoms with Crippen LogP contribution in [0.15, 0.2) is 66.9 Å². The standard InChI is InChI=1S/C22H23N3O2/c1-15(2)13-19(26)25-22-20(21(27)17-11-7-4-8-12-17)24-18(14-23-22)16-9-5-3-6-10-16/h3-12,14-15,21,27H,13H2,1-2H3,(H,23,25,26). The normalized spacial score (nSPS) is 12.0. The van der Waals surface area contributed by atoms with Crippen molar-refractivity contribution in [1.82, 2.24) is 9.97 Å². The molecule has 1 atom stereocenters. The number of carbonyl (C=O) groups is 1. The van der Waals surface area contributed by atoms with Crippen LogP contribution in [0.1, 0.15) is 37.6 Å². The molecule has 1 aromatic heterocycles. The average molecular weight is 361 g/mol. The lowest BCUT2D eigenvalue weighted by Gasteiger charge is -2.16. The maximum Gasteiger partial charge on any atom is 0.225 e. The zero-order valence-electron chi connectivity index (χ0n) is 15.5. The second-order valence-corrected chi connectivity index (χ2v) is 6.81. The Kier molecular flexibility index (Phi) is 5.94. The molecular weight excluding hydrogens is 338 g/mol. The van der Waals surface area contributed by atoms with Crippen molar-refractivity contribution in [2.75, 3.05) is 5.32 Å². The van der Waals surface area contributed by atoms with Crippen molar-refractivity contribution >= 4 is 11.7 Å². The Bertz CT molecular complexity index is 896. The monoisotopic (exact) mass is 361 g/mol. The molecule has 0 aliphatic rings. The summed E-state index contributed by atoms with van der Waals surface area (Å²) in [5.41, 5.74) is 2.56. The highest BCUT2D eigenvalue weighted by atomic mass is 16.3. The minimum atomic E-state index is -0.989. The largest absolute Gasteiger partial charge is 0.382 e. The lowest BCUT2D eigenvalue weighted by Crippen LogP contribution is -2.18. The summed E-state index contributed by atoms with van der Waals surface area (Å²) in [6.07, 6.45) is 1.00. The van der Waals surface area contributed by atoms with Crippen LogP contribution in [0.4, 0.5) is 5.82 Å². The van der Waals surface area contributed by atoms with Gasteiger partial charge in [0, 0.05) is 12.0 Å². The Balaban J connectivity index is 2.00. The van der Waals surface area contributed by atoms with E-state index in [9.17, 15) is 9.90 Å². The summed E-state index contributed by atoms with van der Waals surface area (Å²) in [5.74, 6) is 0.369. The number of aromatic nitrogens is 2. The van der Waals surface area contributed by atoms with Gasteiger partial charge in [-0.15, -0.1) is 0 Å². The minimum Gasteiger partial charge on any atom is -0.382 e. The number of hydrogen-bond acceptors (Lipinski definition) is 4. The SMILES string of the molecule is CC(C)CC(=O)Nc1ncc(-c2ccccc2)nc1C(O)c1ccccc1. The van der Waals surface area contributed by atoms with Crippen molar-refractivity contribution in [2.45, 2.75) is 26.4 Å². The molecule has 0 saturated heterocycles. The highest BCUT2D eigenvalue weighted by molar-refractivity contribution is 5.90. The number of benzene rings is 2. The number of hydrogen-bond donors (Lipinski definition) is 2. The smallest absolute Gasteiger partial charge is 0.225 e. The van der Waals surface area contributed by atoms with Crippen LogP contribution in [0.3, 0.4) is 0 Å². The van der Waals surface area contributed by atoms with Gasteiger partial charge in [-0.05, 0) is 11.5 Å². The second kappa shape index (κ2) is 8.56. The van der Waals surface area contributed by atoms with Crippen LogP contribution >= 0.6 is 0 Å². The minimum absolute atomic E-state index is 0.145. The maximum atomic E-state index is 12.2. The van der Waals surface area contributed by atoms with Crippen LogP contribution in [0.25, 0.3) is 11.3 Å². The van der Waals surface area contributed by atoms with E-state index in [1.165, 1.54) is 0 Å². The predicted molar refractivity (Wildman–Crippen MR) is 106 cm³/mol. The number of aliphatic hydroxyl groups is 1. The molecule has 2 N–H and O–H groups in total. The van der Waals surface area contributed by atoms with Crippen molar-refractivity contribution in [3.8, 4) is 11.3 Å². The maximum absolute atomic E-state index is 12.2. The zero-order valence-corrected chi connectivity index (χ0v) is 15.5. The molecule has 0 bridgehead atoms. The van der Waals surface area contributed by atoms with Crippen LogP contribution < -0.4 is 5.32 Å². The number of carbonyl (C=O) groups excluding carboxylic acids is 1. The fourth-order valence-electron chi connectivity index (χ4n) is 2.79. The molecule has 0 fully saturated rings. The molecule has 2 aromatic carbocycles. The van der Waals surface area contributed by atoms with Crippen molar-refractivity contribution in [3.63, 3.8) is 0 Å². The number of nitrogens with zero attached hydrogens (tertiary/aromatic N) is 2. The van der Waals surface area contributed by atoms with E-state index in [0.29, 0.717) is 23.4 Å². The van der Waals surface area contributed by atoms with Crippen LogP contribution in [0.2, 0.25) is 0 Å². The number of anilines is 1. The molecule has 0 saturated carbocycles. The van der Waals surface area contributed by atoms with Gasteiger partial charge in [-0.1, -0.05) is 74.5 Å². The molecular formula is C22H23N3O2. The first-order chi connectivity index (χ1) is 13.0. The van der Waals surface area contributed by atoms with Crippen LogP contribution in [-0.2, 0) is 4.79 Å². The first-order valence-corrected chi connectivity index (χ1v) is 9.00. The molecule has 0 radical (unpaired) electrons. The topological polar surface area (TPSA) is 75.1 Å². The molecule has 0 aliphatic heterocycles. The predicted octanol–water partition coefficient (Wildman–Crippen LogP) is 4.21. The Morgan fingerprint density at radius 1 is 1.04 bits per heavy atom. The van der Waals surface area contributed by atoms with E-state index in [1.54, 1.807) is 6.20 Å². The molecule has 5 heteroatoms. The summed E-state index contributed by atoms with van der Waals surface area (Å²) in [5, 5.41) is 13.7. The molecule has 1 unspecified atom stereocenters. The number of rotatable bonds is 6. The number of aliphatic hydroxyl groups excluding tert-OH is 1. The van der Waals surface area contributed by atoms with Crippen molar-refractivity contribution in [2.24, 2.45) is 5.92 Å². The first kappa shape index (κ1) is 18.7. The highest BCUT2D eigenvalue weighted by Gasteiger charge is 2.20. The summed E-state index contributed by atoms with van der Waals surface area (Å²) in [6.45, 7) is 3.95. The van der Waals surface area contributed by atoms with Gasteiger partial charge in [-0.3, -0.25) is 4.79 Å². The fourth-order valence-corrected chi connectivity index (χ4v) is 2.79. The van der Waals surface area contributed by atoms with E-state index in [4.69, 9.17) is 0 Å². The molecule has 3 aromatic rings. The van der Waals surface area contributed by atoms with Crippen molar-refractivity contribution < 1.29 is 9.90 Å². The van der Waals surface area contributed by atoms with Gasteiger partial charge in [-0.25, -0.2) is 9.97 Å². The quantitative estimate of drug-likeness (QED) is 0.690. The third kappa shape index (κ3) is 4.77. The second-order valence-electron chi connectivity index (χ2n) is 6.81. The van der Waals surface area contributed by atoms with Gasteiger partial charge in [0.05, 0.1) is 11.9 Å². The van der Waals surface area contributed by atoms with Crippen molar-refractivity contribution in [1.29, 1.82) is 0 Å². The number of amides is 1. The lowest BCUT2D eigenvalue weighted by molar-refractivity contribution is -0.116. The summed E-state index contributed by atoms with van der Waals surface area (Å²) < 4.78 is 0. The first-order valence-electron chi connectivity index (χ1n) is 9.00. The van der Waals surface area contributed by atoms with Crippen LogP contribution in [0.5, 0.6) is 0 Å². The molecule has 138 valence electrons. The van der Waals surface area contributed by atoms with Gasteiger partial charge in [0.15, 0.2) is 5.82 Å². The molecule has 27 heavy (non-hydrogen) atoms. The highest BCUT2D eigenvalue weighted by Crippen LogP contribution is 2.28. The molecule has 0 spiro atoms. The summed E-state index contributed by atoms with van der Waals surface area (Å²) in [7, 11) is 0. The van der Waals surface area contributed by atoms with Crippen LogP contribution in [-0.4, -0.2) is 21.0 Å². The lowest BCUT2D eigenvalue weighted by atomic mass is 10.1. The Morgan fingerprint density at radius 3 is 2.30 bits per heavy atom. The summed E-state index contributed by atoms with van der Waals surface area (Å²) in [4.78, 5) is 21.2. The zero-order chi connectivity index (χ0) is 19.2. The summed E-state index contributed by atoms with van der Waals surface area (Å²) >= 11 is 0. The van der Waals surface area contributed by atoms with E-state index in [-0.39, 0.29) is 17.6 Å². The van der Waals surface area contributed by atoms with E-state index in [0.717, 1.165) is 5.56 Å². The van der Waals surface area contributed by atoms with Gasteiger partial charge >= 0.3 is 0 Å². The third-order valence-corrected chi connectivity index (χ3v) is 4.09. The molecule has 3 rings (SSSR count). The van der Waals surface area contributed by atoms with Gasteiger partial charge in [-0.2, -0.15) is 0 Å². The van der Waals surface area contributed by atoms with Crippen molar-refractivity contribution in [3.05, 3.63) is 78.1 Å². The van der Waals surface area contributed by atoms with E-state index < -0.39 is 6.10 Å².